The van der Waals surface area contributed by atoms with Crippen molar-refractivity contribution in [3.05, 3.63) is 16.5 Å². The normalized spacial score (nSPS) is 33.1. The van der Waals surface area contributed by atoms with E-state index in [-0.39, 0.29) is 11.9 Å². The molecular formula is C12H15BrN4O. The van der Waals surface area contributed by atoms with Gasteiger partial charge in [0.2, 0.25) is 5.91 Å². The third-order valence-electron chi connectivity index (χ3n) is 3.89. The van der Waals surface area contributed by atoms with E-state index >= 15 is 0 Å². The molecule has 1 saturated carbocycles. The minimum absolute atomic E-state index is 0.0199. The van der Waals surface area contributed by atoms with Crippen LogP contribution in [0.15, 0.2) is 10.8 Å². The lowest BCUT2D eigenvalue weighted by molar-refractivity contribution is -0.118. The van der Waals surface area contributed by atoms with Crippen molar-refractivity contribution in [2.75, 3.05) is 5.32 Å². The number of aromatic nitrogens is 2. The van der Waals surface area contributed by atoms with Crippen molar-refractivity contribution in [3.63, 3.8) is 0 Å². The van der Waals surface area contributed by atoms with Gasteiger partial charge >= 0.3 is 0 Å². The molecule has 5 nitrogen and oxygen atoms in total. The van der Waals surface area contributed by atoms with Gasteiger partial charge < -0.3 is 10.6 Å². The highest BCUT2D eigenvalue weighted by atomic mass is 79.9. The molecule has 0 aromatic carbocycles. The maximum absolute atomic E-state index is 12.1. The summed E-state index contributed by atoms with van der Waals surface area (Å²) >= 11 is 3.30. The summed E-state index contributed by atoms with van der Waals surface area (Å²) in [6.45, 7) is 4.08. The van der Waals surface area contributed by atoms with Gasteiger partial charge in [-0.25, -0.2) is 4.98 Å². The van der Waals surface area contributed by atoms with E-state index in [0.29, 0.717) is 21.9 Å². The number of carbonyl (C=O) groups excluding carboxylic acids is 1. The molecule has 0 bridgehead atoms. The molecule has 1 amide bonds. The maximum Gasteiger partial charge on any atom is 0.242 e. The summed E-state index contributed by atoms with van der Waals surface area (Å²) in [6.07, 6.45) is 3.67. The fraction of sp³-hybridized carbons (Fsp3) is 0.583. The predicted octanol–water partition coefficient (Wildman–Crippen LogP) is 1.63. The van der Waals surface area contributed by atoms with E-state index in [2.05, 4.69) is 43.5 Å². The number of aryl methyl sites for hydroxylation is 1. The molecule has 1 saturated heterocycles. The molecule has 1 aliphatic heterocycles. The first-order valence-electron chi connectivity index (χ1n) is 6.04. The highest BCUT2D eigenvalue weighted by Crippen LogP contribution is 2.53. The van der Waals surface area contributed by atoms with Crippen molar-refractivity contribution in [2.45, 2.75) is 38.8 Å². The first-order chi connectivity index (χ1) is 8.48. The van der Waals surface area contributed by atoms with Crippen molar-refractivity contribution in [1.29, 1.82) is 0 Å². The van der Waals surface area contributed by atoms with Crippen LogP contribution in [-0.4, -0.2) is 28.0 Å². The third-order valence-corrected chi connectivity index (χ3v) is 4.64. The van der Waals surface area contributed by atoms with Crippen LogP contribution in [-0.2, 0) is 4.79 Å². The number of nitrogens with one attached hydrogen (secondary N) is 2. The van der Waals surface area contributed by atoms with Crippen molar-refractivity contribution >= 4 is 27.7 Å². The Morgan fingerprint density at radius 3 is 3.00 bits per heavy atom. The van der Waals surface area contributed by atoms with E-state index in [4.69, 9.17) is 0 Å². The van der Waals surface area contributed by atoms with Crippen molar-refractivity contribution in [2.24, 2.45) is 5.41 Å². The molecule has 2 fully saturated rings. The Morgan fingerprint density at radius 2 is 2.39 bits per heavy atom. The largest absolute Gasteiger partial charge is 0.308 e. The molecule has 3 rings (SSSR count). The molecule has 3 atom stereocenters. The summed E-state index contributed by atoms with van der Waals surface area (Å²) in [5.41, 5.74) is 1.14. The highest BCUT2D eigenvalue weighted by Gasteiger charge is 2.58. The molecule has 6 heteroatoms. The van der Waals surface area contributed by atoms with E-state index in [0.717, 1.165) is 12.1 Å². The van der Waals surface area contributed by atoms with Crippen LogP contribution in [0.5, 0.6) is 0 Å². The minimum Gasteiger partial charge on any atom is -0.308 e. The first kappa shape index (κ1) is 12.0. The second kappa shape index (κ2) is 3.99. The number of carbonyl (C=O) groups is 1. The van der Waals surface area contributed by atoms with Gasteiger partial charge in [0.1, 0.15) is 4.60 Å². The Balaban J connectivity index is 1.66. The third kappa shape index (κ3) is 2.03. The molecule has 2 N–H and O–H groups in total. The van der Waals surface area contributed by atoms with Gasteiger partial charge in [-0.05, 0) is 41.1 Å². The Labute approximate surface area is 114 Å². The topological polar surface area (TPSA) is 66.9 Å². The van der Waals surface area contributed by atoms with Gasteiger partial charge in [-0.15, -0.1) is 0 Å². The standard InChI is InChI=1S/C12H15BrN4O/c1-6-10(13)16-9(5-14-6)17-11(18)7-3-12(2)4-8(12)15-7/h5,7-8,15H,3-4H2,1-2H3,(H,16,17,18)/t7-,8+,12-/m0/s1. The van der Waals surface area contributed by atoms with E-state index in [1.165, 1.54) is 6.42 Å². The number of hydrogen-bond acceptors (Lipinski definition) is 4. The summed E-state index contributed by atoms with van der Waals surface area (Å²) in [5.74, 6) is 0.471. The monoisotopic (exact) mass is 310 g/mol. The maximum atomic E-state index is 12.1. The van der Waals surface area contributed by atoms with Gasteiger partial charge in [0.15, 0.2) is 5.82 Å². The van der Waals surface area contributed by atoms with Crippen molar-refractivity contribution < 1.29 is 4.79 Å². The molecule has 1 aromatic rings. The van der Waals surface area contributed by atoms with Crippen LogP contribution in [0.1, 0.15) is 25.5 Å². The van der Waals surface area contributed by atoms with Crippen LogP contribution in [0.2, 0.25) is 0 Å². The Morgan fingerprint density at radius 1 is 1.61 bits per heavy atom. The van der Waals surface area contributed by atoms with Crippen molar-refractivity contribution in [3.8, 4) is 0 Å². The molecule has 2 aliphatic rings. The lowest BCUT2D eigenvalue weighted by atomic mass is 10.0. The molecule has 18 heavy (non-hydrogen) atoms. The van der Waals surface area contributed by atoms with Gasteiger partial charge in [-0.2, -0.15) is 0 Å². The second-order valence-corrected chi connectivity index (χ2v) is 6.21. The van der Waals surface area contributed by atoms with Gasteiger partial charge in [0, 0.05) is 6.04 Å². The zero-order valence-corrected chi connectivity index (χ0v) is 11.9. The molecule has 96 valence electrons. The Bertz CT molecular complexity index is 521. The number of halogens is 1. The van der Waals surface area contributed by atoms with Crippen molar-refractivity contribution in [1.82, 2.24) is 15.3 Å². The lowest BCUT2D eigenvalue weighted by Gasteiger charge is -2.14. The zero-order chi connectivity index (χ0) is 12.9. The molecule has 0 unspecified atom stereocenters. The second-order valence-electron chi connectivity index (χ2n) is 5.45. The SMILES string of the molecule is Cc1ncc(NC(=O)[C@@H]2C[C@@]3(C)C[C@H]3N2)nc1Br. The molecule has 2 heterocycles. The van der Waals surface area contributed by atoms with E-state index < -0.39 is 0 Å². The van der Waals surface area contributed by atoms with Crippen LogP contribution in [0.25, 0.3) is 0 Å². The van der Waals surface area contributed by atoms with E-state index in [1.54, 1.807) is 6.20 Å². The van der Waals surface area contributed by atoms with E-state index in [9.17, 15) is 4.79 Å². The van der Waals surface area contributed by atoms with Crippen LogP contribution >= 0.6 is 15.9 Å². The predicted molar refractivity (Wildman–Crippen MR) is 71.2 cm³/mol. The Hall–Kier alpha value is -1.01. The number of amides is 1. The average molecular weight is 311 g/mol. The molecular weight excluding hydrogens is 296 g/mol. The summed E-state index contributed by atoms with van der Waals surface area (Å²) in [7, 11) is 0. The number of hydrogen-bond donors (Lipinski definition) is 2. The smallest absolute Gasteiger partial charge is 0.242 e. The molecule has 0 radical (unpaired) electrons. The fourth-order valence-corrected chi connectivity index (χ4v) is 2.82. The summed E-state index contributed by atoms with van der Waals surface area (Å²) < 4.78 is 0.662. The van der Waals surface area contributed by atoms with Gasteiger partial charge in [-0.1, -0.05) is 6.92 Å². The zero-order valence-electron chi connectivity index (χ0n) is 10.3. The molecule has 1 aliphatic carbocycles. The molecule has 0 spiro atoms. The van der Waals surface area contributed by atoms with Crippen LogP contribution in [0.4, 0.5) is 5.82 Å². The lowest BCUT2D eigenvalue weighted by Crippen LogP contribution is -2.38. The average Bonchev–Trinajstić information content (AvgIpc) is 2.82. The Kier molecular flexibility index (Phi) is 2.67. The fourth-order valence-electron chi connectivity index (χ4n) is 2.53. The minimum atomic E-state index is -0.101. The summed E-state index contributed by atoms with van der Waals surface area (Å²) in [5, 5.41) is 6.15. The number of fused-ring (bicyclic) bond motifs is 1. The van der Waals surface area contributed by atoms with Crippen LogP contribution < -0.4 is 10.6 Å². The first-order valence-corrected chi connectivity index (χ1v) is 6.83. The number of nitrogens with zero attached hydrogens (tertiary/aromatic N) is 2. The van der Waals surface area contributed by atoms with Crippen LogP contribution in [0.3, 0.4) is 0 Å². The van der Waals surface area contributed by atoms with Crippen LogP contribution in [0, 0.1) is 12.3 Å². The highest BCUT2D eigenvalue weighted by molar-refractivity contribution is 9.10. The quantitative estimate of drug-likeness (QED) is 0.871. The number of rotatable bonds is 2. The summed E-state index contributed by atoms with van der Waals surface area (Å²) in [4.78, 5) is 20.4. The molecule has 1 aromatic heterocycles. The van der Waals surface area contributed by atoms with Gasteiger partial charge in [-0.3, -0.25) is 9.78 Å². The number of anilines is 1. The van der Waals surface area contributed by atoms with Gasteiger partial charge in [0.05, 0.1) is 17.9 Å². The van der Waals surface area contributed by atoms with Gasteiger partial charge in [0.25, 0.3) is 0 Å². The number of piperidine rings is 1. The van der Waals surface area contributed by atoms with E-state index in [1.807, 2.05) is 6.92 Å². The summed E-state index contributed by atoms with van der Waals surface area (Å²) in [6, 6.07) is 0.416.